The third-order valence-electron chi connectivity index (χ3n) is 6.55. The van der Waals surface area contributed by atoms with Gasteiger partial charge in [0.25, 0.3) is 0 Å². The Balaban J connectivity index is 1.38. The van der Waals surface area contributed by atoms with Gasteiger partial charge in [-0.1, -0.05) is 36.9 Å². The average Bonchev–Trinajstić information content (AvgIpc) is 3.41. The molecule has 1 aromatic rings. The fraction of sp³-hybridized carbons (Fsp3) is 0.458. The molecule has 31 heavy (non-hydrogen) atoms. The number of fused-ring (bicyclic) bond motifs is 1. The predicted octanol–water partition coefficient (Wildman–Crippen LogP) is 3.82. The van der Waals surface area contributed by atoms with Crippen LogP contribution in [0.3, 0.4) is 0 Å². The molecule has 0 aromatic carbocycles. The van der Waals surface area contributed by atoms with Crippen LogP contribution in [-0.2, 0) is 0 Å². The van der Waals surface area contributed by atoms with Gasteiger partial charge in [-0.05, 0) is 49.3 Å². The molecule has 3 heterocycles. The molecule has 2 atom stereocenters. The number of likely N-dealkylation sites (N-methyl/N-ethyl adjacent to an activating group) is 1. The molecule has 5 rings (SSSR count). The van der Waals surface area contributed by atoms with E-state index in [-0.39, 0.29) is 0 Å². The zero-order valence-corrected chi connectivity index (χ0v) is 19.0. The van der Waals surface area contributed by atoms with Gasteiger partial charge in [0.15, 0.2) is 0 Å². The van der Waals surface area contributed by atoms with Crippen molar-refractivity contribution in [3.8, 4) is 6.07 Å². The number of aryl methyl sites for hydroxylation is 1. The number of anilines is 1. The van der Waals surface area contributed by atoms with Crippen LogP contribution in [0.25, 0.3) is 5.57 Å². The molecule has 4 aliphatic rings. The maximum absolute atomic E-state index is 10.0. The molecule has 1 N–H and O–H groups in total. The Morgan fingerprint density at radius 2 is 2.13 bits per heavy atom. The Morgan fingerprint density at radius 3 is 2.90 bits per heavy atom. The zero-order valence-electron chi connectivity index (χ0n) is 18.1. The normalized spacial score (nSPS) is 26.9. The first-order chi connectivity index (χ1) is 15.2. The van der Waals surface area contributed by atoms with E-state index in [2.05, 4.69) is 56.7 Å². The van der Waals surface area contributed by atoms with Gasteiger partial charge >= 0.3 is 0 Å². The van der Waals surface area contributed by atoms with Crippen LogP contribution < -0.4 is 10.2 Å². The quantitative estimate of drug-likeness (QED) is 0.573. The number of hydrogen-bond acceptors (Lipinski definition) is 7. The molecule has 2 fully saturated rings. The molecule has 0 radical (unpaired) electrons. The molecular formula is C24H28N6S. The summed E-state index contributed by atoms with van der Waals surface area (Å²) in [5.74, 6) is 2.14. The number of nitriles is 1. The molecule has 1 saturated heterocycles. The standard InChI is InChI=1S/C24H28N6S/c1-3-29-7-9-30(10-8-29)24-26-14-16(2)22(28-24)20(13-25)23-27-21(15-31-23)18-6-4-5-17-11-19(17)12-18/h4-5,12,14-15,17,19,27H,3,6-11H2,1-2H3/b23-20-. The van der Waals surface area contributed by atoms with E-state index < -0.39 is 0 Å². The van der Waals surface area contributed by atoms with Crippen molar-refractivity contribution < 1.29 is 0 Å². The van der Waals surface area contributed by atoms with Crippen molar-refractivity contribution in [2.45, 2.75) is 26.7 Å². The summed E-state index contributed by atoms with van der Waals surface area (Å²) in [5, 5.41) is 16.5. The number of hydrogen-bond donors (Lipinski definition) is 1. The second-order valence-electron chi connectivity index (χ2n) is 8.60. The summed E-state index contributed by atoms with van der Waals surface area (Å²) in [7, 11) is 0. The van der Waals surface area contributed by atoms with Crippen molar-refractivity contribution in [3.05, 3.63) is 57.4 Å². The first-order valence-electron chi connectivity index (χ1n) is 11.1. The molecular weight excluding hydrogens is 404 g/mol. The highest BCUT2D eigenvalue weighted by molar-refractivity contribution is 8.06. The van der Waals surface area contributed by atoms with Crippen LogP contribution in [0.15, 0.2) is 46.1 Å². The molecule has 7 heteroatoms. The lowest BCUT2D eigenvalue weighted by molar-refractivity contribution is 0.270. The monoisotopic (exact) mass is 432 g/mol. The Hall–Kier alpha value is -2.56. The van der Waals surface area contributed by atoms with Crippen molar-refractivity contribution in [1.29, 1.82) is 5.26 Å². The number of nitrogens with zero attached hydrogens (tertiary/aromatic N) is 5. The van der Waals surface area contributed by atoms with E-state index in [1.807, 2.05) is 13.1 Å². The number of piperazine rings is 1. The van der Waals surface area contributed by atoms with Gasteiger partial charge in [0.05, 0.1) is 10.7 Å². The van der Waals surface area contributed by atoms with Crippen molar-refractivity contribution in [1.82, 2.24) is 20.2 Å². The molecule has 0 spiro atoms. The van der Waals surface area contributed by atoms with E-state index >= 15 is 0 Å². The molecule has 1 aromatic heterocycles. The van der Waals surface area contributed by atoms with Gasteiger partial charge in [0, 0.05) is 43.5 Å². The molecule has 6 nitrogen and oxygen atoms in total. The minimum Gasteiger partial charge on any atom is -0.348 e. The van der Waals surface area contributed by atoms with Gasteiger partial charge in [-0.25, -0.2) is 9.97 Å². The number of nitrogens with one attached hydrogen (secondary N) is 1. The number of rotatable bonds is 4. The van der Waals surface area contributed by atoms with Crippen LogP contribution >= 0.6 is 11.8 Å². The Kier molecular flexibility index (Phi) is 5.59. The second-order valence-corrected chi connectivity index (χ2v) is 9.48. The smallest absolute Gasteiger partial charge is 0.225 e. The van der Waals surface area contributed by atoms with E-state index in [4.69, 9.17) is 4.98 Å². The molecule has 2 aliphatic heterocycles. The fourth-order valence-corrected chi connectivity index (χ4v) is 5.31. The first-order valence-corrected chi connectivity index (χ1v) is 12.0. The Bertz CT molecular complexity index is 1040. The van der Waals surface area contributed by atoms with Gasteiger partial charge in [-0.2, -0.15) is 5.26 Å². The number of allylic oxidation sites excluding steroid dienone is 5. The highest BCUT2D eigenvalue weighted by Crippen LogP contribution is 2.45. The van der Waals surface area contributed by atoms with Crippen molar-refractivity contribution >= 4 is 23.3 Å². The zero-order chi connectivity index (χ0) is 21.4. The van der Waals surface area contributed by atoms with E-state index in [1.165, 1.54) is 12.0 Å². The van der Waals surface area contributed by atoms with E-state index in [9.17, 15) is 5.26 Å². The van der Waals surface area contributed by atoms with Crippen LogP contribution in [0.4, 0.5) is 5.95 Å². The van der Waals surface area contributed by atoms with E-state index in [1.54, 1.807) is 11.8 Å². The van der Waals surface area contributed by atoms with Crippen molar-refractivity contribution in [2.75, 3.05) is 37.6 Å². The topological polar surface area (TPSA) is 68.1 Å². The van der Waals surface area contributed by atoms with E-state index in [0.29, 0.717) is 11.5 Å². The first kappa shape index (κ1) is 20.3. The van der Waals surface area contributed by atoms with Crippen LogP contribution in [0.5, 0.6) is 0 Å². The minimum absolute atomic E-state index is 0.596. The molecule has 1 saturated carbocycles. The number of thioether (sulfide) groups is 1. The Labute approximate surface area is 188 Å². The third kappa shape index (κ3) is 4.15. The summed E-state index contributed by atoms with van der Waals surface area (Å²) >= 11 is 1.59. The van der Waals surface area contributed by atoms with Crippen LogP contribution in [0.2, 0.25) is 0 Å². The van der Waals surface area contributed by atoms with Gasteiger partial charge in [-0.3, -0.25) is 0 Å². The summed E-state index contributed by atoms with van der Waals surface area (Å²) < 4.78 is 0. The highest BCUT2D eigenvalue weighted by atomic mass is 32.2. The summed E-state index contributed by atoms with van der Waals surface area (Å²) in [5.41, 5.74) is 4.70. The largest absolute Gasteiger partial charge is 0.348 e. The van der Waals surface area contributed by atoms with Gasteiger partial charge in [-0.15, -0.1) is 0 Å². The summed E-state index contributed by atoms with van der Waals surface area (Å²) in [6.45, 7) is 9.11. The third-order valence-corrected chi connectivity index (χ3v) is 7.45. The highest BCUT2D eigenvalue weighted by Gasteiger charge is 2.35. The SMILES string of the molecule is CCN1CCN(c2ncc(C)c(/C(C#N)=C3/NC(C4=CC5CC5C=CC4)=CS3)n2)CC1. The van der Waals surface area contributed by atoms with Gasteiger partial charge in [0.1, 0.15) is 11.6 Å². The molecule has 2 aliphatic carbocycles. The second kappa shape index (κ2) is 8.52. The van der Waals surface area contributed by atoms with Crippen molar-refractivity contribution in [2.24, 2.45) is 11.8 Å². The van der Waals surface area contributed by atoms with Crippen LogP contribution in [0, 0.1) is 30.1 Å². The van der Waals surface area contributed by atoms with Gasteiger partial charge < -0.3 is 15.1 Å². The maximum atomic E-state index is 10.0. The van der Waals surface area contributed by atoms with E-state index in [0.717, 1.165) is 73.0 Å². The van der Waals surface area contributed by atoms with Crippen LogP contribution in [-0.4, -0.2) is 47.6 Å². The maximum Gasteiger partial charge on any atom is 0.225 e. The molecule has 160 valence electrons. The Morgan fingerprint density at radius 1 is 1.29 bits per heavy atom. The summed E-state index contributed by atoms with van der Waals surface area (Å²) in [6.07, 6.45) is 11.1. The summed E-state index contributed by atoms with van der Waals surface area (Å²) in [4.78, 5) is 14.1. The molecule has 2 unspecified atom stereocenters. The molecule has 0 bridgehead atoms. The lowest BCUT2D eigenvalue weighted by Crippen LogP contribution is -2.46. The van der Waals surface area contributed by atoms with Crippen molar-refractivity contribution in [3.63, 3.8) is 0 Å². The fourth-order valence-electron chi connectivity index (χ4n) is 4.43. The molecule has 0 amide bonds. The lowest BCUT2D eigenvalue weighted by Gasteiger charge is -2.34. The minimum atomic E-state index is 0.596. The average molecular weight is 433 g/mol. The van der Waals surface area contributed by atoms with Crippen LogP contribution in [0.1, 0.15) is 31.0 Å². The number of aromatic nitrogens is 2. The predicted molar refractivity (Wildman–Crippen MR) is 126 cm³/mol. The van der Waals surface area contributed by atoms with Gasteiger partial charge in [0.2, 0.25) is 5.95 Å². The summed E-state index contributed by atoms with van der Waals surface area (Å²) in [6, 6.07) is 2.41. The lowest BCUT2D eigenvalue weighted by atomic mass is 10.1.